The van der Waals surface area contributed by atoms with Crippen molar-refractivity contribution < 1.29 is 4.43 Å². The van der Waals surface area contributed by atoms with Gasteiger partial charge in [0, 0.05) is 0 Å². The first-order valence-corrected chi connectivity index (χ1v) is 12.9. The molecule has 2 aromatic heterocycles. The van der Waals surface area contributed by atoms with E-state index in [1.165, 1.54) is 25.7 Å². The predicted octanol–water partition coefficient (Wildman–Crippen LogP) is 5.75. The Bertz CT molecular complexity index is 692. The van der Waals surface area contributed by atoms with E-state index in [1.54, 1.807) is 12.5 Å². The first kappa shape index (κ1) is 21.0. The molecule has 0 aromatic carbocycles. The van der Waals surface area contributed by atoms with Gasteiger partial charge in [-0.25, -0.2) is 15.0 Å². The normalized spacial score (nSPS) is 15.3. The summed E-state index contributed by atoms with van der Waals surface area (Å²) in [7, 11) is -1.85. The second-order valence-electron chi connectivity index (χ2n) is 8.89. The second-order valence-corrected chi connectivity index (χ2v) is 13.6. The molecule has 0 aliphatic carbocycles. The highest BCUT2D eigenvalue weighted by Crippen LogP contribution is 2.39. The zero-order valence-electron chi connectivity index (χ0n) is 17.6. The zero-order valence-corrected chi connectivity index (χ0v) is 18.6. The molecule has 6 heteroatoms. The third-order valence-electron chi connectivity index (χ3n) is 5.81. The van der Waals surface area contributed by atoms with Crippen LogP contribution in [0.2, 0.25) is 18.1 Å². The van der Waals surface area contributed by atoms with Crippen LogP contribution in [0.15, 0.2) is 18.9 Å². The standard InChI is InChI=1S/C20H36N4OSi/c1-8-9-10-11-12-18(25-26(6,7)20(3,4)5)16(2)24-15-23-17-13-21-14-22-19(17)24/h13-16,18H,8-12H2,1-7H3/t16-,18+/m0/s1. The van der Waals surface area contributed by atoms with Gasteiger partial charge in [0.25, 0.3) is 0 Å². The van der Waals surface area contributed by atoms with Crippen LogP contribution in [0.5, 0.6) is 0 Å². The molecule has 0 aliphatic heterocycles. The van der Waals surface area contributed by atoms with Crippen LogP contribution >= 0.6 is 0 Å². The molecule has 0 bridgehead atoms. The van der Waals surface area contributed by atoms with Crippen molar-refractivity contribution in [3.8, 4) is 0 Å². The van der Waals surface area contributed by atoms with E-state index >= 15 is 0 Å². The van der Waals surface area contributed by atoms with Gasteiger partial charge in [-0.1, -0.05) is 53.4 Å². The monoisotopic (exact) mass is 376 g/mol. The van der Waals surface area contributed by atoms with Crippen LogP contribution in [-0.2, 0) is 4.43 Å². The highest BCUT2D eigenvalue weighted by atomic mass is 28.4. The molecule has 0 saturated heterocycles. The highest BCUT2D eigenvalue weighted by Gasteiger charge is 2.40. The number of rotatable bonds is 9. The molecular formula is C20H36N4OSi. The lowest BCUT2D eigenvalue weighted by molar-refractivity contribution is 0.118. The van der Waals surface area contributed by atoms with Crippen LogP contribution < -0.4 is 0 Å². The summed E-state index contributed by atoms with van der Waals surface area (Å²) < 4.78 is 9.03. The van der Waals surface area contributed by atoms with E-state index < -0.39 is 8.32 Å². The van der Waals surface area contributed by atoms with Crippen LogP contribution in [0.25, 0.3) is 11.2 Å². The lowest BCUT2D eigenvalue weighted by Gasteiger charge is -2.41. The summed E-state index contributed by atoms with van der Waals surface area (Å²) in [5.41, 5.74) is 1.74. The fourth-order valence-electron chi connectivity index (χ4n) is 2.99. The van der Waals surface area contributed by atoms with Gasteiger partial charge in [0.1, 0.15) is 11.8 Å². The van der Waals surface area contributed by atoms with Crippen molar-refractivity contribution in [3.63, 3.8) is 0 Å². The number of fused-ring (bicyclic) bond motifs is 1. The summed E-state index contributed by atoms with van der Waals surface area (Å²) in [6.45, 7) is 16.1. The third kappa shape index (κ3) is 4.91. The van der Waals surface area contributed by atoms with E-state index in [-0.39, 0.29) is 17.2 Å². The lowest BCUT2D eigenvalue weighted by atomic mass is 10.0. The number of imidazole rings is 1. The minimum Gasteiger partial charge on any atom is -0.412 e. The fourth-order valence-corrected chi connectivity index (χ4v) is 4.41. The van der Waals surface area contributed by atoms with E-state index in [0.717, 1.165) is 17.6 Å². The number of aromatic nitrogens is 4. The molecule has 0 unspecified atom stereocenters. The molecular weight excluding hydrogens is 340 g/mol. The van der Waals surface area contributed by atoms with E-state index in [9.17, 15) is 0 Å². The number of hydrogen-bond acceptors (Lipinski definition) is 4. The maximum Gasteiger partial charge on any atom is 0.192 e. The van der Waals surface area contributed by atoms with Crippen LogP contribution in [0.4, 0.5) is 0 Å². The fraction of sp³-hybridized carbons (Fsp3) is 0.750. The summed E-state index contributed by atoms with van der Waals surface area (Å²) in [5.74, 6) is 0. The minimum atomic E-state index is -1.85. The summed E-state index contributed by atoms with van der Waals surface area (Å²) >= 11 is 0. The van der Waals surface area contributed by atoms with Gasteiger partial charge >= 0.3 is 0 Å². The summed E-state index contributed by atoms with van der Waals surface area (Å²) in [6.07, 6.45) is 11.5. The molecule has 0 N–H and O–H groups in total. The van der Waals surface area contributed by atoms with Gasteiger partial charge in [0.05, 0.1) is 24.7 Å². The van der Waals surface area contributed by atoms with Crippen LogP contribution in [0, 0.1) is 0 Å². The Morgan fingerprint density at radius 3 is 2.54 bits per heavy atom. The molecule has 0 saturated carbocycles. The Balaban J connectivity index is 2.24. The number of nitrogens with zero attached hydrogens (tertiary/aromatic N) is 4. The quantitative estimate of drug-likeness (QED) is 0.413. The van der Waals surface area contributed by atoms with Crippen LogP contribution in [0.3, 0.4) is 0 Å². The SMILES string of the molecule is CCCCCC[C@@H](O[Si](C)(C)C(C)(C)C)[C@H](C)n1cnc2cncnc21. The van der Waals surface area contributed by atoms with Gasteiger partial charge in [-0.05, 0) is 31.5 Å². The first-order chi connectivity index (χ1) is 12.2. The smallest absolute Gasteiger partial charge is 0.192 e. The largest absolute Gasteiger partial charge is 0.412 e. The number of hydrogen-bond donors (Lipinski definition) is 0. The summed E-state index contributed by atoms with van der Waals surface area (Å²) in [6, 6.07) is 0.200. The van der Waals surface area contributed by atoms with Gasteiger partial charge in [-0.15, -0.1) is 0 Å². The molecule has 0 aliphatic rings. The molecule has 0 fully saturated rings. The van der Waals surface area contributed by atoms with Gasteiger partial charge in [-0.2, -0.15) is 0 Å². The third-order valence-corrected chi connectivity index (χ3v) is 10.3. The van der Waals surface area contributed by atoms with Gasteiger partial charge in [0.15, 0.2) is 14.0 Å². The summed E-state index contributed by atoms with van der Waals surface area (Å²) in [4.78, 5) is 13.0. The Kier molecular flexibility index (Phi) is 6.97. The molecule has 0 amide bonds. The van der Waals surface area contributed by atoms with Gasteiger partial charge in [0.2, 0.25) is 0 Å². The molecule has 146 valence electrons. The maximum absolute atomic E-state index is 6.86. The molecule has 5 nitrogen and oxygen atoms in total. The van der Waals surface area contributed by atoms with Crippen molar-refractivity contribution >= 4 is 19.5 Å². The lowest BCUT2D eigenvalue weighted by Crippen LogP contribution is -2.45. The van der Waals surface area contributed by atoms with Crippen molar-refractivity contribution in [2.75, 3.05) is 0 Å². The van der Waals surface area contributed by atoms with Gasteiger partial charge < -0.3 is 8.99 Å². The molecule has 2 rings (SSSR count). The Morgan fingerprint density at radius 2 is 1.88 bits per heavy atom. The topological polar surface area (TPSA) is 52.8 Å². The van der Waals surface area contributed by atoms with Crippen LogP contribution in [-0.4, -0.2) is 33.9 Å². The van der Waals surface area contributed by atoms with E-state index in [1.807, 2.05) is 6.33 Å². The molecule has 2 aromatic rings. The van der Waals surface area contributed by atoms with E-state index in [4.69, 9.17) is 4.43 Å². The molecule has 2 heterocycles. The highest BCUT2D eigenvalue weighted by molar-refractivity contribution is 6.74. The summed E-state index contributed by atoms with van der Waals surface area (Å²) in [5, 5.41) is 0.202. The van der Waals surface area contributed by atoms with Crippen LogP contribution in [0.1, 0.15) is 72.8 Å². The average molecular weight is 377 g/mol. The van der Waals surface area contributed by atoms with E-state index in [0.29, 0.717) is 0 Å². The van der Waals surface area contributed by atoms with Crippen molar-refractivity contribution in [3.05, 3.63) is 18.9 Å². The maximum atomic E-state index is 6.86. The van der Waals surface area contributed by atoms with Crippen molar-refractivity contribution in [1.82, 2.24) is 19.5 Å². The number of unbranched alkanes of at least 4 members (excludes halogenated alkanes) is 3. The molecule has 0 spiro atoms. The van der Waals surface area contributed by atoms with Crippen molar-refractivity contribution in [1.29, 1.82) is 0 Å². The van der Waals surface area contributed by atoms with E-state index in [2.05, 4.69) is 67.2 Å². The van der Waals surface area contributed by atoms with Crippen molar-refractivity contribution in [2.45, 2.75) is 97.0 Å². The Hall–Kier alpha value is -1.27. The van der Waals surface area contributed by atoms with Crippen molar-refractivity contribution in [2.24, 2.45) is 0 Å². The Labute approximate surface area is 159 Å². The molecule has 2 atom stereocenters. The van der Waals surface area contributed by atoms with Gasteiger partial charge in [-0.3, -0.25) is 0 Å². The molecule has 0 radical (unpaired) electrons. The first-order valence-electron chi connectivity index (χ1n) is 9.97. The zero-order chi connectivity index (χ0) is 19.4. The predicted molar refractivity (Wildman–Crippen MR) is 111 cm³/mol. The second kappa shape index (κ2) is 8.61. The molecule has 26 heavy (non-hydrogen) atoms. The minimum absolute atomic E-state index is 0.181. The average Bonchev–Trinajstić information content (AvgIpc) is 3.00. The Morgan fingerprint density at radius 1 is 1.15 bits per heavy atom.